The van der Waals surface area contributed by atoms with Gasteiger partial charge in [-0.3, -0.25) is 0 Å². The van der Waals surface area contributed by atoms with E-state index in [0.29, 0.717) is 0 Å². The van der Waals surface area contributed by atoms with E-state index in [-0.39, 0.29) is 22.7 Å². The van der Waals surface area contributed by atoms with Crippen molar-refractivity contribution in [3.05, 3.63) is 120 Å². The fraction of sp³-hybridized carbons (Fsp3) is 0.303. The lowest BCUT2D eigenvalue weighted by Gasteiger charge is -2.16. The summed E-state index contributed by atoms with van der Waals surface area (Å²) < 4.78 is 2.27. The van der Waals surface area contributed by atoms with Crippen LogP contribution < -0.4 is 31.8 Å². The molecule has 1 aliphatic heterocycles. The average molecular weight is 573 g/mol. The van der Waals surface area contributed by atoms with Crippen molar-refractivity contribution in [2.75, 3.05) is 23.3 Å². The number of phenols is 1. The van der Waals surface area contributed by atoms with Gasteiger partial charge >= 0.3 is 0 Å². The Bertz CT molecular complexity index is 1250. The zero-order valence-corrected chi connectivity index (χ0v) is 23.6. The average Bonchev–Trinajstić information content (AvgIpc) is 3.47. The predicted octanol–water partition coefficient (Wildman–Crippen LogP) is 3.51. The predicted molar refractivity (Wildman–Crippen MR) is 152 cm³/mol. The fourth-order valence-corrected chi connectivity index (χ4v) is 5.07. The first-order valence-electron chi connectivity index (χ1n) is 13.6. The minimum Gasteiger partial charge on any atom is -1.00 e. The molecule has 4 nitrogen and oxygen atoms in total. The van der Waals surface area contributed by atoms with Gasteiger partial charge in [0, 0.05) is 54.8 Å². The van der Waals surface area contributed by atoms with E-state index >= 15 is 0 Å². The second kappa shape index (κ2) is 14.0. The van der Waals surface area contributed by atoms with Gasteiger partial charge in [0.2, 0.25) is 0 Å². The summed E-state index contributed by atoms with van der Waals surface area (Å²) in [6.45, 7) is 4.05. The molecule has 1 aromatic heterocycles. The normalized spacial score (nSPS) is 12.8. The van der Waals surface area contributed by atoms with Crippen LogP contribution in [0.4, 0.5) is 11.4 Å². The fourth-order valence-electron chi connectivity index (χ4n) is 5.07. The summed E-state index contributed by atoms with van der Waals surface area (Å²) in [6.07, 6.45) is 11.7. The molecule has 1 fully saturated rings. The van der Waals surface area contributed by atoms with Crippen molar-refractivity contribution in [1.29, 1.82) is 0 Å². The van der Waals surface area contributed by atoms with Gasteiger partial charge in [-0.2, -0.15) is 0 Å². The van der Waals surface area contributed by atoms with Gasteiger partial charge < -0.3 is 32.3 Å². The molecule has 1 aliphatic rings. The highest BCUT2D eigenvalue weighted by atomic mass is 79.9. The summed E-state index contributed by atoms with van der Waals surface area (Å²) in [5, 5.41) is 12.9. The number of unbranched alkanes of at least 4 members (excludes halogenated alkanes) is 1. The lowest BCUT2D eigenvalue weighted by molar-refractivity contribution is -0.688. The molecular formula is C33H38BrN3O. The third-order valence-corrected chi connectivity index (χ3v) is 7.28. The van der Waals surface area contributed by atoms with E-state index in [4.69, 9.17) is 0 Å². The summed E-state index contributed by atoms with van der Waals surface area (Å²) >= 11 is 0. The Balaban J connectivity index is 0.00000336. The topological polar surface area (TPSA) is 39.4 Å². The van der Waals surface area contributed by atoms with Crippen LogP contribution in [-0.2, 0) is 25.9 Å². The molecule has 0 radical (unpaired) electrons. The molecule has 4 aromatic rings. The third-order valence-electron chi connectivity index (χ3n) is 7.28. The number of benzene rings is 3. The Hall–Kier alpha value is -3.31. The van der Waals surface area contributed by atoms with E-state index in [1.165, 1.54) is 66.7 Å². The summed E-state index contributed by atoms with van der Waals surface area (Å²) in [7, 11) is 0. The molecule has 0 spiro atoms. The van der Waals surface area contributed by atoms with Gasteiger partial charge in [0.05, 0.1) is 0 Å². The van der Waals surface area contributed by atoms with Crippen molar-refractivity contribution in [3.63, 3.8) is 0 Å². The van der Waals surface area contributed by atoms with Gasteiger partial charge in [0.25, 0.3) is 0 Å². The number of aromatic nitrogens is 1. The first kappa shape index (κ1) is 27.7. The quantitative estimate of drug-likeness (QED) is 0.214. The number of halogens is 1. The molecule has 0 aliphatic carbocycles. The molecule has 0 bridgehead atoms. The van der Waals surface area contributed by atoms with E-state index in [9.17, 15) is 5.11 Å². The van der Waals surface area contributed by atoms with Crippen molar-refractivity contribution in [2.45, 2.75) is 51.6 Å². The minimum atomic E-state index is 0. The van der Waals surface area contributed by atoms with E-state index in [1.807, 2.05) is 12.1 Å². The van der Waals surface area contributed by atoms with Gasteiger partial charge in [-0.1, -0.05) is 54.6 Å². The summed E-state index contributed by atoms with van der Waals surface area (Å²) in [5.41, 5.74) is 7.69. The molecule has 198 valence electrons. The van der Waals surface area contributed by atoms with Crippen LogP contribution >= 0.6 is 0 Å². The number of nitrogens with zero attached hydrogens (tertiary/aromatic N) is 2. The number of hydrogen-bond donors (Lipinski definition) is 2. The maximum Gasteiger partial charge on any atom is 0.173 e. The number of rotatable bonds is 11. The van der Waals surface area contributed by atoms with Gasteiger partial charge in [0.1, 0.15) is 5.75 Å². The van der Waals surface area contributed by atoms with Crippen LogP contribution in [0, 0.1) is 0 Å². The summed E-state index contributed by atoms with van der Waals surface area (Å²) in [6, 6.07) is 29.8. The monoisotopic (exact) mass is 571 g/mol. The van der Waals surface area contributed by atoms with E-state index in [2.05, 4.69) is 87.8 Å². The van der Waals surface area contributed by atoms with Crippen molar-refractivity contribution >= 4 is 11.4 Å². The number of aromatic hydroxyl groups is 1. The third kappa shape index (κ3) is 8.09. The Morgan fingerprint density at radius 1 is 0.711 bits per heavy atom. The molecule has 2 N–H and O–H groups in total. The minimum absolute atomic E-state index is 0. The van der Waals surface area contributed by atoms with E-state index < -0.39 is 0 Å². The Labute approximate surface area is 237 Å². The van der Waals surface area contributed by atoms with Crippen molar-refractivity contribution < 1.29 is 26.7 Å². The Morgan fingerprint density at radius 3 is 1.89 bits per heavy atom. The van der Waals surface area contributed by atoms with Crippen molar-refractivity contribution in [2.24, 2.45) is 0 Å². The van der Waals surface area contributed by atoms with Crippen LogP contribution in [0.3, 0.4) is 0 Å². The van der Waals surface area contributed by atoms with Crippen LogP contribution in [0.1, 0.15) is 47.9 Å². The number of phenolic OH excluding ortho intramolecular Hbond substituents is 1. The van der Waals surface area contributed by atoms with Crippen LogP contribution in [0.25, 0.3) is 0 Å². The SMILES string of the molecule is Oc1cccc(NCc2ccc(CCCCc3ccc(C[n+]4ccc(N5CCCC5)cc4)cc3)cc2)c1.[Br-]. The second-order valence-corrected chi connectivity index (χ2v) is 10.2. The van der Waals surface area contributed by atoms with Crippen LogP contribution in [0.15, 0.2) is 97.3 Å². The number of nitrogens with one attached hydrogen (secondary N) is 1. The van der Waals surface area contributed by atoms with E-state index in [1.54, 1.807) is 12.1 Å². The largest absolute Gasteiger partial charge is 1.00 e. The van der Waals surface area contributed by atoms with Gasteiger partial charge in [0.15, 0.2) is 18.9 Å². The molecule has 1 saturated heterocycles. The standard InChI is InChI=1S/C33H37N3O.BrH/c37-33-9-5-8-31(24-33)34-25-29-14-10-27(11-15-29)6-1-2-7-28-12-16-30(17-13-28)26-35-22-18-32(19-23-35)36-20-3-4-21-36;/h5,8-19,22-24,34H,1-4,6-7,20-21,25-26H2;1H. The molecule has 5 rings (SSSR count). The van der Waals surface area contributed by atoms with Crippen LogP contribution in [-0.4, -0.2) is 18.2 Å². The maximum atomic E-state index is 9.58. The van der Waals surface area contributed by atoms with Gasteiger partial charge in [-0.15, -0.1) is 0 Å². The van der Waals surface area contributed by atoms with Gasteiger partial charge in [-0.25, -0.2) is 4.57 Å². The molecule has 0 saturated carbocycles. The Morgan fingerprint density at radius 2 is 1.29 bits per heavy atom. The molecule has 0 amide bonds. The summed E-state index contributed by atoms with van der Waals surface area (Å²) in [4.78, 5) is 2.48. The molecule has 3 aromatic carbocycles. The molecule has 2 heterocycles. The molecule has 0 unspecified atom stereocenters. The highest BCUT2D eigenvalue weighted by Crippen LogP contribution is 2.19. The zero-order chi connectivity index (χ0) is 25.3. The van der Waals surface area contributed by atoms with E-state index in [0.717, 1.165) is 31.6 Å². The summed E-state index contributed by atoms with van der Waals surface area (Å²) in [5.74, 6) is 0.286. The maximum absolute atomic E-state index is 9.58. The van der Waals surface area contributed by atoms with Crippen LogP contribution in [0.5, 0.6) is 5.75 Å². The van der Waals surface area contributed by atoms with Crippen molar-refractivity contribution in [1.82, 2.24) is 0 Å². The first-order valence-corrected chi connectivity index (χ1v) is 13.6. The number of aryl methyl sites for hydroxylation is 2. The lowest BCUT2D eigenvalue weighted by Crippen LogP contribution is -3.00. The highest BCUT2D eigenvalue weighted by molar-refractivity contribution is 5.48. The lowest BCUT2D eigenvalue weighted by atomic mass is 10.0. The second-order valence-electron chi connectivity index (χ2n) is 10.2. The number of pyridine rings is 1. The van der Waals surface area contributed by atoms with Gasteiger partial charge in [-0.05, 0) is 67.3 Å². The Kier molecular flexibility index (Phi) is 10.2. The molecule has 38 heavy (non-hydrogen) atoms. The smallest absolute Gasteiger partial charge is 0.173 e. The highest BCUT2D eigenvalue weighted by Gasteiger charge is 2.13. The molecule has 5 heteroatoms. The number of anilines is 2. The molecule has 0 atom stereocenters. The molecular weight excluding hydrogens is 534 g/mol. The number of hydrogen-bond acceptors (Lipinski definition) is 3. The van der Waals surface area contributed by atoms with Crippen molar-refractivity contribution in [3.8, 4) is 5.75 Å². The first-order chi connectivity index (χ1) is 18.2. The van der Waals surface area contributed by atoms with Crippen LogP contribution in [0.2, 0.25) is 0 Å². The zero-order valence-electron chi connectivity index (χ0n) is 22.0.